The van der Waals surface area contributed by atoms with Crippen LogP contribution in [0.2, 0.25) is 0 Å². The summed E-state index contributed by atoms with van der Waals surface area (Å²) >= 11 is 1.55. The summed E-state index contributed by atoms with van der Waals surface area (Å²) in [7, 11) is 0. The predicted molar refractivity (Wildman–Crippen MR) is 65.4 cm³/mol. The molecule has 0 unspecified atom stereocenters. The molecule has 2 aromatic rings. The summed E-state index contributed by atoms with van der Waals surface area (Å²) in [5, 5.41) is 17.7. The molecule has 1 aromatic heterocycles. The van der Waals surface area contributed by atoms with Crippen LogP contribution in [0.25, 0.3) is 0 Å². The fourth-order valence-electron chi connectivity index (χ4n) is 1.35. The van der Waals surface area contributed by atoms with Crippen LogP contribution in [0, 0.1) is 11.3 Å². The topological polar surface area (TPSA) is 56.9 Å². The smallest absolute Gasteiger partial charge is 0.140 e. The minimum atomic E-state index is 0.0417. The van der Waals surface area contributed by atoms with E-state index in [2.05, 4.69) is 4.98 Å². The molecule has 0 fully saturated rings. The van der Waals surface area contributed by atoms with Gasteiger partial charge in [0.05, 0.1) is 6.61 Å². The molecule has 0 bridgehead atoms. The zero-order valence-corrected chi connectivity index (χ0v) is 9.81. The molecule has 0 aliphatic heterocycles. The van der Waals surface area contributed by atoms with Crippen molar-refractivity contribution >= 4 is 11.8 Å². The molecule has 0 spiro atoms. The van der Waals surface area contributed by atoms with Crippen molar-refractivity contribution < 1.29 is 5.11 Å². The molecule has 84 valence electrons. The average molecular weight is 242 g/mol. The van der Waals surface area contributed by atoms with Crippen molar-refractivity contribution in [2.45, 2.75) is 16.4 Å². The molecule has 4 heteroatoms. The van der Waals surface area contributed by atoms with Gasteiger partial charge in [-0.3, -0.25) is 0 Å². The summed E-state index contributed by atoms with van der Waals surface area (Å²) in [6.07, 6.45) is 1.68. The van der Waals surface area contributed by atoms with E-state index >= 15 is 0 Å². The van der Waals surface area contributed by atoms with Crippen molar-refractivity contribution in [1.29, 1.82) is 5.26 Å². The molecule has 3 nitrogen and oxygen atoms in total. The summed E-state index contributed by atoms with van der Waals surface area (Å²) < 4.78 is 0. The normalized spacial score (nSPS) is 9.88. The van der Waals surface area contributed by atoms with Gasteiger partial charge in [0.25, 0.3) is 0 Å². The Morgan fingerprint density at radius 2 is 2.12 bits per heavy atom. The Morgan fingerprint density at radius 3 is 2.76 bits per heavy atom. The maximum atomic E-state index is 9.04. The minimum Gasteiger partial charge on any atom is -0.392 e. The van der Waals surface area contributed by atoms with E-state index in [0.717, 1.165) is 15.4 Å². The molecule has 17 heavy (non-hydrogen) atoms. The van der Waals surface area contributed by atoms with Gasteiger partial charge in [0.2, 0.25) is 0 Å². The minimum absolute atomic E-state index is 0.0417. The lowest BCUT2D eigenvalue weighted by Crippen LogP contribution is -1.84. The first-order valence-electron chi connectivity index (χ1n) is 5.05. The summed E-state index contributed by atoms with van der Waals surface area (Å²) in [6, 6.07) is 13.2. The van der Waals surface area contributed by atoms with E-state index in [-0.39, 0.29) is 6.61 Å². The number of pyridine rings is 1. The van der Waals surface area contributed by atoms with Crippen molar-refractivity contribution in [3.63, 3.8) is 0 Å². The number of rotatable bonds is 3. The molecule has 0 amide bonds. The van der Waals surface area contributed by atoms with Crippen LogP contribution in [-0.4, -0.2) is 10.1 Å². The lowest BCUT2D eigenvalue weighted by Gasteiger charge is -2.03. The number of benzene rings is 1. The number of nitrogens with zero attached hydrogens (tertiary/aromatic N) is 2. The molecule has 0 aliphatic rings. The highest BCUT2D eigenvalue weighted by Gasteiger charge is 1.99. The molecule has 0 atom stereocenters. The van der Waals surface area contributed by atoms with Crippen LogP contribution in [0.3, 0.4) is 0 Å². The van der Waals surface area contributed by atoms with E-state index in [9.17, 15) is 0 Å². The van der Waals surface area contributed by atoms with Crippen LogP contribution in [-0.2, 0) is 6.61 Å². The molecule has 0 saturated heterocycles. The van der Waals surface area contributed by atoms with Gasteiger partial charge in [-0.2, -0.15) is 5.26 Å². The maximum absolute atomic E-state index is 9.04. The second-order valence-corrected chi connectivity index (χ2v) is 4.55. The van der Waals surface area contributed by atoms with Gasteiger partial charge in [-0.1, -0.05) is 23.9 Å². The van der Waals surface area contributed by atoms with E-state index in [1.54, 1.807) is 24.0 Å². The second-order valence-electron chi connectivity index (χ2n) is 3.40. The summed E-state index contributed by atoms with van der Waals surface area (Å²) in [5.41, 5.74) is 1.30. The molecule has 1 heterocycles. The van der Waals surface area contributed by atoms with E-state index in [1.807, 2.05) is 36.4 Å². The highest BCUT2D eigenvalue weighted by molar-refractivity contribution is 7.99. The quantitative estimate of drug-likeness (QED) is 0.898. The van der Waals surface area contributed by atoms with Crippen LogP contribution >= 0.6 is 11.8 Å². The Labute approximate surface area is 104 Å². The molecular weight excluding hydrogens is 232 g/mol. The van der Waals surface area contributed by atoms with E-state index in [0.29, 0.717) is 5.69 Å². The van der Waals surface area contributed by atoms with Crippen LogP contribution < -0.4 is 0 Å². The zero-order chi connectivity index (χ0) is 12.1. The number of hydrogen-bond donors (Lipinski definition) is 1. The van der Waals surface area contributed by atoms with Gasteiger partial charge >= 0.3 is 0 Å². The first-order chi connectivity index (χ1) is 8.31. The highest BCUT2D eigenvalue weighted by atomic mass is 32.2. The fraction of sp³-hybridized carbons (Fsp3) is 0.0769. The Kier molecular flexibility index (Phi) is 3.76. The fourth-order valence-corrected chi connectivity index (χ4v) is 2.22. The third kappa shape index (κ3) is 3.06. The third-order valence-corrected chi connectivity index (χ3v) is 3.13. The summed E-state index contributed by atoms with van der Waals surface area (Å²) in [5.74, 6) is 0. The van der Waals surface area contributed by atoms with E-state index < -0.39 is 0 Å². The first kappa shape index (κ1) is 11.6. The van der Waals surface area contributed by atoms with Gasteiger partial charge < -0.3 is 5.11 Å². The van der Waals surface area contributed by atoms with Crippen molar-refractivity contribution in [1.82, 2.24) is 4.98 Å². The maximum Gasteiger partial charge on any atom is 0.140 e. The molecule has 0 saturated carbocycles. The lowest BCUT2D eigenvalue weighted by atomic mass is 10.2. The van der Waals surface area contributed by atoms with Gasteiger partial charge in [-0.05, 0) is 29.8 Å². The Balaban J connectivity index is 2.16. The Hall–Kier alpha value is -1.83. The van der Waals surface area contributed by atoms with Gasteiger partial charge in [0.1, 0.15) is 11.8 Å². The number of aliphatic hydroxyl groups is 1. The molecule has 1 aromatic carbocycles. The molecule has 0 aliphatic carbocycles. The zero-order valence-electron chi connectivity index (χ0n) is 9.00. The van der Waals surface area contributed by atoms with E-state index in [4.69, 9.17) is 10.4 Å². The second kappa shape index (κ2) is 5.48. The Bertz CT molecular complexity index is 546. The van der Waals surface area contributed by atoms with Crippen molar-refractivity contribution in [3.05, 3.63) is 53.9 Å². The molecule has 0 radical (unpaired) electrons. The van der Waals surface area contributed by atoms with Crippen LogP contribution in [0.4, 0.5) is 0 Å². The molecular formula is C13H10N2OS. The number of hydrogen-bond acceptors (Lipinski definition) is 4. The number of nitriles is 1. The van der Waals surface area contributed by atoms with Gasteiger partial charge in [-0.15, -0.1) is 0 Å². The largest absolute Gasteiger partial charge is 0.392 e. The SMILES string of the molecule is N#Cc1ccc(Sc2cccc(CO)c2)cn1. The van der Waals surface area contributed by atoms with Gasteiger partial charge in [0, 0.05) is 16.0 Å². The van der Waals surface area contributed by atoms with Crippen LogP contribution in [0.15, 0.2) is 52.4 Å². The van der Waals surface area contributed by atoms with Gasteiger partial charge in [0.15, 0.2) is 0 Å². The Morgan fingerprint density at radius 1 is 1.24 bits per heavy atom. The van der Waals surface area contributed by atoms with Crippen LogP contribution in [0.1, 0.15) is 11.3 Å². The van der Waals surface area contributed by atoms with Crippen LogP contribution in [0.5, 0.6) is 0 Å². The van der Waals surface area contributed by atoms with Gasteiger partial charge in [-0.25, -0.2) is 4.98 Å². The van der Waals surface area contributed by atoms with Crippen molar-refractivity contribution in [3.8, 4) is 6.07 Å². The number of aliphatic hydroxyl groups excluding tert-OH is 1. The summed E-state index contributed by atoms with van der Waals surface area (Å²) in [6.45, 7) is 0.0417. The molecule has 1 N–H and O–H groups in total. The first-order valence-corrected chi connectivity index (χ1v) is 5.87. The summed E-state index contributed by atoms with van der Waals surface area (Å²) in [4.78, 5) is 6.02. The number of aromatic nitrogens is 1. The highest BCUT2D eigenvalue weighted by Crippen LogP contribution is 2.27. The monoisotopic (exact) mass is 242 g/mol. The predicted octanol–water partition coefficient (Wildman–Crippen LogP) is 2.60. The standard InChI is InChI=1S/C13H10N2OS/c14-7-11-4-5-13(8-15-11)17-12-3-1-2-10(6-12)9-16/h1-6,8,16H,9H2. The molecule has 2 rings (SSSR count). The third-order valence-electron chi connectivity index (χ3n) is 2.17. The average Bonchev–Trinajstić information content (AvgIpc) is 2.40. The lowest BCUT2D eigenvalue weighted by molar-refractivity contribution is 0.281. The van der Waals surface area contributed by atoms with Crippen molar-refractivity contribution in [2.75, 3.05) is 0 Å². The van der Waals surface area contributed by atoms with Crippen molar-refractivity contribution in [2.24, 2.45) is 0 Å². The van der Waals surface area contributed by atoms with E-state index in [1.165, 1.54) is 0 Å².